The van der Waals surface area contributed by atoms with E-state index in [0.29, 0.717) is 6.42 Å². The number of rotatable bonds is 0. The molecule has 0 saturated carbocycles. The third-order valence-electron chi connectivity index (χ3n) is 1.87. The summed E-state index contributed by atoms with van der Waals surface area (Å²) in [6, 6.07) is 0. The number of aliphatic hydroxyl groups excluding tert-OH is 2. The van der Waals surface area contributed by atoms with Crippen LogP contribution in [0.25, 0.3) is 0 Å². The van der Waals surface area contributed by atoms with E-state index >= 15 is 0 Å². The molecule has 0 unspecified atom stereocenters. The van der Waals surface area contributed by atoms with Gasteiger partial charge in [-0.15, -0.1) is 0 Å². The highest BCUT2D eigenvalue weighted by atomic mass is 16.3. The molecule has 1 rings (SSSR count). The molecule has 1 aliphatic rings. The van der Waals surface area contributed by atoms with E-state index in [4.69, 9.17) is 5.11 Å². The van der Waals surface area contributed by atoms with Crippen LogP contribution in [0, 0.1) is 5.41 Å². The van der Waals surface area contributed by atoms with Crippen molar-refractivity contribution in [3.05, 3.63) is 12.2 Å². The van der Waals surface area contributed by atoms with Gasteiger partial charge >= 0.3 is 0 Å². The van der Waals surface area contributed by atoms with Gasteiger partial charge in [0, 0.05) is 0 Å². The maximum atomic E-state index is 9.21. The van der Waals surface area contributed by atoms with Crippen LogP contribution in [0.3, 0.4) is 0 Å². The Labute approximate surface area is 61.2 Å². The smallest absolute Gasteiger partial charge is 0.0980 e. The summed E-state index contributed by atoms with van der Waals surface area (Å²) in [4.78, 5) is 0. The lowest BCUT2D eigenvalue weighted by Crippen LogP contribution is -2.33. The van der Waals surface area contributed by atoms with Crippen LogP contribution in [0.4, 0.5) is 0 Å². The minimum Gasteiger partial charge on any atom is -0.390 e. The third kappa shape index (κ3) is 1.58. The summed E-state index contributed by atoms with van der Waals surface area (Å²) in [6.45, 7) is 4.08. The number of aliphatic hydroxyl groups is 2. The van der Waals surface area contributed by atoms with Gasteiger partial charge in [-0.1, -0.05) is 26.0 Å². The molecule has 0 amide bonds. The molecule has 2 nitrogen and oxygen atoms in total. The van der Waals surface area contributed by atoms with Crippen LogP contribution in [-0.2, 0) is 0 Å². The van der Waals surface area contributed by atoms with Crippen molar-refractivity contribution in [2.24, 2.45) is 5.41 Å². The Kier molecular flexibility index (Phi) is 1.84. The zero-order valence-electron chi connectivity index (χ0n) is 6.41. The van der Waals surface area contributed by atoms with Gasteiger partial charge in [-0.05, 0) is 11.8 Å². The predicted molar refractivity (Wildman–Crippen MR) is 39.6 cm³/mol. The summed E-state index contributed by atoms with van der Waals surface area (Å²) in [5, 5.41) is 18.3. The lowest BCUT2D eigenvalue weighted by molar-refractivity contribution is 0.0169. The van der Waals surface area contributed by atoms with Gasteiger partial charge < -0.3 is 10.2 Å². The van der Waals surface area contributed by atoms with Gasteiger partial charge in [0.05, 0.1) is 12.2 Å². The van der Waals surface area contributed by atoms with Crippen molar-refractivity contribution in [3.8, 4) is 0 Å². The minimum absolute atomic E-state index is 0.0403. The van der Waals surface area contributed by atoms with E-state index in [2.05, 4.69) is 0 Å². The molecule has 0 aromatic carbocycles. The number of allylic oxidation sites excluding steroid dienone is 1. The molecule has 2 atom stereocenters. The van der Waals surface area contributed by atoms with Crippen molar-refractivity contribution < 1.29 is 10.2 Å². The standard InChI is InChI=1S/C8H14O2/c1-8(2)4-3-6(9)7(10)5-8/h3-4,6-7,9-10H,5H2,1-2H3/t6-,7-/m0/s1. The first-order valence-electron chi connectivity index (χ1n) is 3.57. The van der Waals surface area contributed by atoms with Gasteiger partial charge in [-0.2, -0.15) is 0 Å². The molecular formula is C8H14O2. The quantitative estimate of drug-likeness (QED) is 0.489. The molecule has 0 fully saturated rings. The van der Waals surface area contributed by atoms with Crippen molar-refractivity contribution >= 4 is 0 Å². The first-order chi connectivity index (χ1) is 4.51. The minimum atomic E-state index is -0.659. The van der Waals surface area contributed by atoms with Gasteiger partial charge in [0.2, 0.25) is 0 Å². The fraction of sp³-hybridized carbons (Fsp3) is 0.750. The monoisotopic (exact) mass is 142 g/mol. The zero-order chi connectivity index (χ0) is 7.78. The predicted octanol–water partition coefficient (Wildman–Crippen LogP) is 0.694. The number of hydrogen-bond acceptors (Lipinski definition) is 2. The molecule has 0 aliphatic heterocycles. The molecule has 2 N–H and O–H groups in total. The molecule has 2 heteroatoms. The van der Waals surface area contributed by atoms with Crippen LogP contribution in [0.2, 0.25) is 0 Å². The highest BCUT2D eigenvalue weighted by Gasteiger charge is 2.27. The van der Waals surface area contributed by atoms with Crippen molar-refractivity contribution in [1.29, 1.82) is 0 Å². The number of hydrogen-bond donors (Lipinski definition) is 2. The van der Waals surface area contributed by atoms with Gasteiger partial charge in [0.1, 0.15) is 0 Å². The third-order valence-corrected chi connectivity index (χ3v) is 1.87. The molecule has 10 heavy (non-hydrogen) atoms. The van der Waals surface area contributed by atoms with Crippen molar-refractivity contribution in [3.63, 3.8) is 0 Å². The highest BCUT2D eigenvalue weighted by Crippen LogP contribution is 2.29. The Morgan fingerprint density at radius 2 is 2.00 bits per heavy atom. The molecule has 1 aliphatic carbocycles. The molecule has 0 aromatic rings. The molecule has 0 spiro atoms. The lowest BCUT2D eigenvalue weighted by Gasteiger charge is -2.30. The second kappa shape index (κ2) is 2.36. The van der Waals surface area contributed by atoms with Gasteiger partial charge in [0.15, 0.2) is 0 Å². The van der Waals surface area contributed by atoms with Crippen LogP contribution in [0.15, 0.2) is 12.2 Å². The van der Waals surface area contributed by atoms with E-state index in [1.165, 1.54) is 0 Å². The second-order valence-electron chi connectivity index (χ2n) is 3.61. The molecule has 0 heterocycles. The van der Waals surface area contributed by atoms with Crippen LogP contribution < -0.4 is 0 Å². The van der Waals surface area contributed by atoms with Gasteiger partial charge in [0.25, 0.3) is 0 Å². The first kappa shape index (κ1) is 7.76. The van der Waals surface area contributed by atoms with E-state index in [0.717, 1.165) is 0 Å². The van der Waals surface area contributed by atoms with Crippen LogP contribution >= 0.6 is 0 Å². The topological polar surface area (TPSA) is 40.5 Å². The van der Waals surface area contributed by atoms with E-state index in [1.54, 1.807) is 6.08 Å². The Morgan fingerprint density at radius 1 is 1.40 bits per heavy atom. The summed E-state index contributed by atoms with van der Waals surface area (Å²) in [7, 11) is 0. The summed E-state index contributed by atoms with van der Waals surface area (Å²) >= 11 is 0. The first-order valence-corrected chi connectivity index (χ1v) is 3.57. The maximum Gasteiger partial charge on any atom is 0.0980 e. The summed E-state index contributed by atoms with van der Waals surface area (Å²) in [5.41, 5.74) is 0.0403. The summed E-state index contributed by atoms with van der Waals surface area (Å²) in [6.07, 6.45) is 3.01. The van der Waals surface area contributed by atoms with Crippen molar-refractivity contribution in [2.75, 3.05) is 0 Å². The highest BCUT2D eigenvalue weighted by molar-refractivity contribution is 5.06. The Morgan fingerprint density at radius 3 is 2.40 bits per heavy atom. The summed E-state index contributed by atoms with van der Waals surface area (Å²) in [5.74, 6) is 0. The Bertz CT molecular complexity index is 149. The molecular weight excluding hydrogens is 128 g/mol. The van der Waals surface area contributed by atoms with E-state index in [-0.39, 0.29) is 5.41 Å². The maximum absolute atomic E-state index is 9.21. The zero-order valence-corrected chi connectivity index (χ0v) is 6.41. The normalized spacial score (nSPS) is 38.0. The molecule has 0 aromatic heterocycles. The molecule has 0 radical (unpaired) electrons. The second-order valence-corrected chi connectivity index (χ2v) is 3.61. The summed E-state index contributed by atoms with van der Waals surface area (Å²) < 4.78 is 0. The Hall–Kier alpha value is -0.340. The fourth-order valence-corrected chi connectivity index (χ4v) is 1.22. The average molecular weight is 142 g/mol. The van der Waals surface area contributed by atoms with Crippen LogP contribution in [-0.4, -0.2) is 22.4 Å². The fourth-order valence-electron chi connectivity index (χ4n) is 1.22. The largest absolute Gasteiger partial charge is 0.390 e. The molecule has 0 saturated heterocycles. The molecule has 0 bridgehead atoms. The van der Waals surface area contributed by atoms with Crippen LogP contribution in [0.5, 0.6) is 0 Å². The van der Waals surface area contributed by atoms with Crippen molar-refractivity contribution in [1.82, 2.24) is 0 Å². The van der Waals surface area contributed by atoms with E-state index in [1.807, 2.05) is 19.9 Å². The molecule has 58 valence electrons. The average Bonchev–Trinajstić information content (AvgIpc) is 1.79. The van der Waals surface area contributed by atoms with Crippen LogP contribution in [0.1, 0.15) is 20.3 Å². The Balaban J connectivity index is 2.69. The van der Waals surface area contributed by atoms with E-state index in [9.17, 15) is 5.11 Å². The van der Waals surface area contributed by atoms with E-state index < -0.39 is 12.2 Å². The van der Waals surface area contributed by atoms with Gasteiger partial charge in [-0.3, -0.25) is 0 Å². The van der Waals surface area contributed by atoms with Crippen molar-refractivity contribution in [2.45, 2.75) is 32.5 Å². The van der Waals surface area contributed by atoms with Gasteiger partial charge in [-0.25, -0.2) is 0 Å². The SMILES string of the molecule is CC1(C)C=C[C@H](O)[C@@H](O)C1. The lowest BCUT2D eigenvalue weighted by atomic mass is 9.80.